The number of nitrogens with zero attached hydrogens (tertiary/aromatic N) is 1. The molecule has 1 saturated carbocycles. The van der Waals surface area contributed by atoms with Crippen LogP contribution in [-0.4, -0.2) is 22.1 Å². The number of carboxylic acid groups (broad SMARTS) is 1. The molecule has 0 amide bonds. The SMILES string of the molecule is CC1(C)C(Nc2nccc(C(=O)O)c2Cl)C1(C)C. The Balaban J connectivity index is 2.27. The minimum Gasteiger partial charge on any atom is -0.478 e. The summed E-state index contributed by atoms with van der Waals surface area (Å²) in [6.07, 6.45) is 1.46. The number of rotatable bonds is 3. The Morgan fingerprint density at radius 3 is 2.39 bits per heavy atom. The summed E-state index contributed by atoms with van der Waals surface area (Å²) in [7, 11) is 0. The lowest BCUT2D eigenvalue weighted by Gasteiger charge is -2.10. The number of halogens is 1. The average molecular weight is 269 g/mol. The van der Waals surface area contributed by atoms with Crippen LogP contribution < -0.4 is 5.32 Å². The fourth-order valence-electron chi connectivity index (χ4n) is 2.40. The number of aromatic nitrogens is 1. The van der Waals surface area contributed by atoms with Crippen molar-refractivity contribution in [1.29, 1.82) is 0 Å². The minimum atomic E-state index is -1.04. The monoisotopic (exact) mass is 268 g/mol. The van der Waals surface area contributed by atoms with E-state index in [0.717, 1.165) is 0 Å². The van der Waals surface area contributed by atoms with Gasteiger partial charge in [-0.15, -0.1) is 0 Å². The Labute approximate surface area is 111 Å². The lowest BCUT2D eigenvalue weighted by atomic mass is 10.0. The number of pyridine rings is 1. The van der Waals surface area contributed by atoms with Gasteiger partial charge in [-0.2, -0.15) is 0 Å². The van der Waals surface area contributed by atoms with Crippen molar-refractivity contribution in [3.63, 3.8) is 0 Å². The molecule has 5 heteroatoms. The van der Waals surface area contributed by atoms with Crippen molar-refractivity contribution in [2.75, 3.05) is 5.32 Å². The summed E-state index contributed by atoms with van der Waals surface area (Å²) in [5.41, 5.74) is 0.347. The summed E-state index contributed by atoms with van der Waals surface area (Å²) in [5, 5.41) is 12.4. The number of carbonyl (C=O) groups is 1. The molecule has 18 heavy (non-hydrogen) atoms. The first-order valence-electron chi connectivity index (χ1n) is 5.84. The third-order valence-corrected chi connectivity index (χ3v) is 4.80. The van der Waals surface area contributed by atoms with Crippen molar-refractivity contribution in [2.24, 2.45) is 10.8 Å². The molecule has 2 rings (SSSR count). The largest absolute Gasteiger partial charge is 0.478 e. The maximum absolute atomic E-state index is 11.0. The Hall–Kier alpha value is -1.29. The number of hydrogen-bond donors (Lipinski definition) is 2. The summed E-state index contributed by atoms with van der Waals surface area (Å²) < 4.78 is 0. The summed E-state index contributed by atoms with van der Waals surface area (Å²) in [6.45, 7) is 8.67. The maximum atomic E-state index is 11.0. The summed E-state index contributed by atoms with van der Waals surface area (Å²) in [5.74, 6) is -0.597. The van der Waals surface area contributed by atoms with Gasteiger partial charge in [-0.3, -0.25) is 0 Å². The highest BCUT2D eigenvalue weighted by Crippen LogP contribution is 2.63. The number of anilines is 1. The van der Waals surface area contributed by atoms with Gasteiger partial charge in [0.05, 0.1) is 10.6 Å². The Kier molecular flexibility index (Phi) is 2.81. The lowest BCUT2D eigenvalue weighted by molar-refractivity contribution is 0.0697. The summed E-state index contributed by atoms with van der Waals surface area (Å²) in [6, 6.07) is 1.64. The van der Waals surface area contributed by atoms with Crippen molar-refractivity contribution < 1.29 is 9.90 Å². The predicted octanol–water partition coefficient (Wildman–Crippen LogP) is 3.28. The molecule has 0 unspecified atom stereocenters. The fourth-order valence-corrected chi connectivity index (χ4v) is 2.65. The van der Waals surface area contributed by atoms with E-state index in [1.807, 2.05) is 0 Å². The average Bonchev–Trinajstić information content (AvgIpc) is 2.63. The van der Waals surface area contributed by atoms with Gasteiger partial charge in [-0.05, 0) is 16.9 Å². The molecule has 1 aliphatic carbocycles. The van der Waals surface area contributed by atoms with Crippen LogP contribution in [0.4, 0.5) is 5.82 Å². The first kappa shape index (κ1) is 13.1. The highest BCUT2D eigenvalue weighted by atomic mass is 35.5. The molecule has 0 atom stereocenters. The topological polar surface area (TPSA) is 62.2 Å². The molecule has 2 N–H and O–H groups in total. The Morgan fingerprint density at radius 2 is 1.94 bits per heavy atom. The van der Waals surface area contributed by atoms with E-state index < -0.39 is 5.97 Å². The molecule has 0 aromatic carbocycles. The Bertz CT molecular complexity index is 498. The standard InChI is InChI=1S/C13H17ClN2O2/c1-12(2)11(13(12,3)4)16-9-8(14)7(10(17)18)5-6-15-9/h5-6,11H,1-4H3,(H,15,16)(H,17,18). The molecule has 1 aromatic heterocycles. The number of nitrogens with one attached hydrogen (secondary N) is 1. The highest BCUT2D eigenvalue weighted by Gasteiger charge is 2.65. The Morgan fingerprint density at radius 1 is 1.39 bits per heavy atom. The molecule has 0 saturated heterocycles. The smallest absolute Gasteiger partial charge is 0.337 e. The minimum absolute atomic E-state index is 0.0745. The molecule has 0 aliphatic heterocycles. The number of hydrogen-bond acceptors (Lipinski definition) is 3. The van der Waals surface area contributed by atoms with E-state index in [9.17, 15) is 4.79 Å². The van der Waals surface area contributed by atoms with Gasteiger partial charge in [-0.25, -0.2) is 9.78 Å². The zero-order valence-electron chi connectivity index (χ0n) is 10.9. The zero-order valence-corrected chi connectivity index (χ0v) is 11.7. The molecule has 1 fully saturated rings. The molecule has 1 aromatic rings. The van der Waals surface area contributed by atoms with E-state index in [-0.39, 0.29) is 27.5 Å². The van der Waals surface area contributed by atoms with E-state index in [4.69, 9.17) is 16.7 Å². The van der Waals surface area contributed by atoms with Crippen LogP contribution in [0.15, 0.2) is 12.3 Å². The molecular weight excluding hydrogens is 252 g/mol. The van der Waals surface area contributed by atoms with E-state index in [0.29, 0.717) is 5.82 Å². The van der Waals surface area contributed by atoms with E-state index in [2.05, 4.69) is 38.0 Å². The van der Waals surface area contributed by atoms with Gasteiger partial charge in [0.15, 0.2) is 0 Å². The van der Waals surface area contributed by atoms with E-state index in [1.54, 1.807) is 0 Å². The third kappa shape index (κ3) is 1.75. The van der Waals surface area contributed by atoms with Gasteiger partial charge in [0.2, 0.25) is 0 Å². The van der Waals surface area contributed by atoms with Crippen LogP contribution in [0.25, 0.3) is 0 Å². The van der Waals surface area contributed by atoms with Crippen LogP contribution in [0.5, 0.6) is 0 Å². The first-order valence-corrected chi connectivity index (χ1v) is 6.21. The third-order valence-electron chi connectivity index (χ3n) is 4.42. The van der Waals surface area contributed by atoms with Crippen molar-refractivity contribution in [3.05, 3.63) is 22.8 Å². The van der Waals surface area contributed by atoms with Crippen LogP contribution in [0, 0.1) is 10.8 Å². The van der Waals surface area contributed by atoms with Gasteiger partial charge in [0.1, 0.15) is 5.82 Å². The number of aromatic carboxylic acids is 1. The molecule has 1 aliphatic rings. The summed E-state index contributed by atoms with van der Waals surface area (Å²) in [4.78, 5) is 15.1. The second-order valence-corrected chi connectivity index (χ2v) is 6.22. The van der Waals surface area contributed by atoms with Gasteiger partial charge in [0.25, 0.3) is 0 Å². The molecule has 0 radical (unpaired) electrons. The molecule has 0 spiro atoms. The first-order chi connectivity index (χ1) is 8.19. The van der Waals surface area contributed by atoms with Crippen LogP contribution in [-0.2, 0) is 0 Å². The summed E-state index contributed by atoms with van der Waals surface area (Å²) >= 11 is 6.06. The maximum Gasteiger partial charge on any atom is 0.337 e. The van der Waals surface area contributed by atoms with Gasteiger partial charge in [0, 0.05) is 12.2 Å². The van der Waals surface area contributed by atoms with Crippen molar-refractivity contribution >= 4 is 23.4 Å². The second kappa shape index (κ2) is 3.85. The molecule has 4 nitrogen and oxygen atoms in total. The van der Waals surface area contributed by atoms with E-state index >= 15 is 0 Å². The van der Waals surface area contributed by atoms with Crippen LogP contribution >= 0.6 is 11.6 Å². The zero-order chi connectivity index (χ0) is 13.7. The molecule has 0 bridgehead atoms. The van der Waals surface area contributed by atoms with Crippen molar-refractivity contribution in [1.82, 2.24) is 4.98 Å². The van der Waals surface area contributed by atoms with Crippen molar-refractivity contribution in [3.8, 4) is 0 Å². The van der Waals surface area contributed by atoms with Crippen LogP contribution in [0.2, 0.25) is 5.02 Å². The van der Waals surface area contributed by atoms with Crippen LogP contribution in [0.1, 0.15) is 38.1 Å². The molecular formula is C13H17ClN2O2. The fraction of sp³-hybridized carbons (Fsp3) is 0.538. The normalized spacial score (nSPS) is 20.5. The quantitative estimate of drug-likeness (QED) is 0.883. The second-order valence-electron chi connectivity index (χ2n) is 5.85. The van der Waals surface area contributed by atoms with Crippen molar-refractivity contribution in [2.45, 2.75) is 33.7 Å². The number of carboxylic acids is 1. The molecule has 98 valence electrons. The van der Waals surface area contributed by atoms with Gasteiger partial charge < -0.3 is 10.4 Å². The van der Waals surface area contributed by atoms with Gasteiger partial charge >= 0.3 is 5.97 Å². The lowest BCUT2D eigenvalue weighted by Crippen LogP contribution is -2.13. The predicted molar refractivity (Wildman–Crippen MR) is 71.2 cm³/mol. The van der Waals surface area contributed by atoms with Gasteiger partial charge in [-0.1, -0.05) is 39.3 Å². The molecule has 1 heterocycles. The van der Waals surface area contributed by atoms with Crippen LogP contribution in [0.3, 0.4) is 0 Å². The highest BCUT2D eigenvalue weighted by molar-refractivity contribution is 6.35. The van der Waals surface area contributed by atoms with E-state index in [1.165, 1.54) is 12.3 Å².